The molecule has 0 radical (unpaired) electrons. The third-order valence-electron chi connectivity index (χ3n) is 4.67. The van der Waals surface area contributed by atoms with Crippen LogP contribution in [0.25, 0.3) is 11.3 Å². The molecule has 154 valence electrons. The van der Waals surface area contributed by atoms with Crippen molar-refractivity contribution in [2.45, 2.75) is 38.7 Å². The van der Waals surface area contributed by atoms with Gasteiger partial charge < -0.3 is 14.7 Å². The normalized spacial score (nSPS) is 18.0. The van der Waals surface area contributed by atoms with E-state index in [9.17, 15) is 18.3 Å². The summed E-state index contributed by atoms with van der Waals surface area (Å²) < 4.78 is 44.4. The van der Waals surface area contributed by atoms with E-state index in [1.807, 2.05) is 0 Å². The molecule has 1 unspecified atom stereocenters. The monoisotopic (exact) mass is 417 g/mol. The number of piperidine rings is 1. The maximum atomic E-state index is 12.8. The minimum Gasteiger partial charge on any atom is -0.507 e. The summed E-state index contributed by atoms with van der Waals surface area (Å²) in [6.45, 7) is 3.78. The van der Waals surface area contributed by atoms with Crippen LogP contribution in [-0.4, -0.2) is 46.4 Å². The number of likely N-dealkylation sites (tertiary alicyclic amines) is 1. The van der Waals surface area contributed by atoms with Gasteiger partial charge in [0.2, 0.25) is 0 Å². The second-order valence-corrected chi connectivity index (χ2v) is 6.93. The molecule has 0 bridgehead atoms. The van der Waals surface area contributed by atoms with Crippen LogP contribution < -0.4 is 0 Å². The number of aryl methyl sites for hydroxylation is 1. The summed E-state index contributed by atoms with van der Waals surface area (Å²) in [5.41, 5.74) is 0.593. The first kappa shape index (κ1) is 22.4. The molecule has 28 heavy (non-hydrogen) atoms. The maximum Gasteiger partial charge on any atom is 0.416 e. The first-order valence-electron chi connectivity index (χ1n) is 8.78. The highest BCUT2D eigenvalue weighted by Crippen LogP contribution is 2.38. The number of phenols is 1. The van der Waals surface area contributed by atoms with E-state index in [0.29, 0.717) is 24.1 Å². The Labute approximate surface area is 167 Å². The van der Waals surface area contributed by atoms with E-state index < -0.39 is 17.5 Å². The highest BCUT2D eigenvalue weighted by atomic mass is 35.5. The number of phenolic OH excluding ortho intramolecular Hbond substituents is 1. The van der Waals surface area contributed by atoms with Crippen LogP contribution in [0.4, 0.5) is 13.2 Å². The van der Waals surface area contributed by atoms with Gasteiger partial charge in [-0.3, -0.25) is 0 Å². The van der Waals surface area contributed by atoms with Crippen molar-refractivity contribution in [3.05, 3.63) is 41.1 Å². The third kappa shape index (κ3) is 5.33. The van der Waals surface area contributed by atoms with Crippen LogP contribution in [0.5, 0.6) is 5.75 Å². The van der Waals surface area contributed by atoms with Crippen molar-refractivity contribution in [1.29, 1.82) is 0 Å². The van der Waals surface area contributed by atoms with Gasteiger partial charge in [-0.1, -0.05) is 0 Å². The number of hydrogen-bond acceptors (Lipinski definition) is 5. The van der Waals surface area contributed by atoms with Gasteiger partial charge >= 0.3 is 6.18 Å². The summed E-state index contributed by atoms with van der Waals surface area (Å²) in [6.07, 6.45) is -2.25. The summed E-state index contributed by atoms with van der Waals surface area (Å²) in [5, 5.41) is 18.2. The number of halogens is 4. The van der Waals surface area contributed by atoms with Crippen LogP contribution in [0.1, 0.15) is 29.7 Å². The molecular weight excluding hydrogens is 395 g/mol. The van der Waals surface area contributed by atoms with Gasteiger partial charge in [0.25, 0.3) is 0 Å². The maximum absolute atomic E-state index is 12.8. The summed E-state index contributed by atoms with van der Waals surface area (Å²) >= 11 is 0. The summed E-state index contributed by atoms with van der Waals surface area (Å²) in [5.74, 6) is -0.467. The van der Waals surface area contributed by atoms with Crippen molar-refractivity contribution < 1.29 is 23.0 Å². The fraction of sp³-hybridized carbons (Fsp3) is 0.474. The summed E-state index contributed by atoms with van der Waals surface area (Å²) in [7, 11) is 2.06. The predicted molar refractivity (Wildman–Crippen MR) is 101 cm³/mol. The quantitative estimate of drug-likeness (QED) is 0.807. The number of aromatic nitrogens is 2. The lowest BCUT2D eigenvalue weighted by Crippen LogP contribution is -2.36. The summed E-state index contributed by atoms with van der Waals surface area (Å²) in [4.78, 5) is 2.22. The molecule has 1 aromatic carbocycles. The predicted octanol–water partition coefficient (Wildman–Crippen LogP) is 4.21. The fourth-order valence-corrected chi connectivity index (χ4v) is 3.29. The van der Waals surface area contributed by atoms with Crippen LogP contribution in [0, 0.1) is 6.92 Å². The second-order valence-electron chi connectivity index (χ2n) is 6.93. The van der Waals surface area contributed by atoms with Crippen LogP contribution in [0.2, 0.25) is 0 Å². The number of nitrogens with zero attached hydrogens (tertiary/aromatic N) is 3. The molecule has 3 rings (SSSR count). The number of likely N-dealkylation sites (N-methyl/N-ethyl adjacent to an activating group) is 1. The molecule has 1 aliphatic rings. The van der Waals surface area contributed by atoms with Gasteiger partial charge in [-0.15, -0.1) is 12.4 Å². The SMILES string of the molecule is Cc1cc(C(F)(F)F)cc(O)c1-c1ccc(COC2CCCN(C)C2)nn1.Cl. The molecular formula is C19H23ClF3N3O2. The zero-order valence-electron chi connectivity index (χ0n) is 15.7. The van der Waals surface area contributed by atoms with E-state index in [-0.39, 0.29) is 29.6 Å². The van der Waals surface area contributed by atoms with Gasteiger partial charge in [-0.25, -0.2) is 0 Å². The van der Waals surface area contributed by atoms with E-state index >= 15 is 0 Å². The molecule has 5 nitrogen and oxygen atoms in total. The molecule has 0 aliphatic carbocycles. The number of hydrogen-bond donors (Lipinski definition) is 1. The standard InChI is InChI=1S/C19H22F3N3O2.ClH/c1-12-8-13(19(20,21)22)9-17(26)18(12)16-6-5-14(23-24-16)11-27-15-4-3-7-25(2)10-15;/h5-6,8-9,15,26H,3-4,7,10-11H2,1-2H3;1H. The Morgan fingerprint density at radius 2 is 2.00 bits per heavy atom. The van der Waals surface area contributed by atoms with Crippen molar-refractivity contribution in [3.63, 3.8) is 0 Å². The highest BCUT2D eigenvalue weighted by molar-refractivity contribution is 5.85. The van der Waals surface area contributed by atoms with Crippen LogP contribution in [0.15, 0.2) is 24.3 Å². The van der Waals surface area contributed by atoms with E-state index in [0.717, 1.165) is 32.0 Å². The Morgan fingerprint density at radius 1 is 1.25 bits per heavy atom. The molecule has 1 aliphatic heterocycles. The molecule has 2 heterocycles. The third-order valence-corrected chi connectivity index (χ3v) is 4.67. The average Bonchev–Trinajstić information content (AvgIpc) is 2.60. The molecule has 1 saturated heterocycles. The van der Waals surface area contributed by atoms with Gasteiger partial charge in [-0.2, -0.15) is 23.4 Å². The lowest BCUT2D eigenvalue weighted by molar-refractivity contribution is -0.137. The lowest BCUT2D eigenvalue weighted by atomic mass is 10.0. The highest BCUT2D eigenvalue weighted by Gasteiger charge is 2.32. The van der Waals surface area contributed by atoms with Crippen molar-refractivity contribution in [1.82, 2.24) is 15.1 Å². The van der Waals surface area contributed by atoms with Gasteiger partial charge in [0.1, 0.15) is 5.75 Å². The molecule has 9 heteroatoms. The first-order valence-corrected chi connectivity index (χ1v) is 8.78. The Kier molecular flexibility index (Phi) is 7.25. The number of aromatic hydroxyl groups is 1. The zero-order chi connectivity index (χ0) is 19.6. The number of alkyl halides is 3. The summed E-state index contributed by atoms with van der Waals surface area (Å²) in [6, 6.07) is 5.05. The van der Waals surface area contributed by atoms with Crippen molar-refractivity contribution in [3.8, 4) is 17.0 Å². The van der Waals surface area contributed by atoms with Crippen molar-refractivity contribution in [2.75, 3.05) is 20.1 Å². The Hall–Kier alpha value is -1.90. The van der Waals surface area contributed by atoms with E-state index in [4.69, 9.17) is 4.74 Å². The van der Waals surface area contributed by atoms with Crippen LogP contribution in [-0.2, 0) is 17.5 Å². The molecule has 2 aromatic rings. The van der Waals surface area contributed by atoms with Gasteiger partial charge in [-0.05, 0) is 63.2 Å². The number of benzene rings is 1. The molecule has 0 amide bonds. The number of ether oxygens (including phenoxy) is 1. The minimum atomic E-state index is -4.51. The fourth-order valence-electron chi connectivity index (χ4n) is 3.29. The van der Waals surface area contributed by atoms with E-state index in [2.05, 4.69) is 22.1 Å². The average molecular weight is 418 g/mol. The zero-order valence-corrected chi connectivity index (χ0v) is 16.5. The second kappa shape index (κ2) is 9.07. The molecule has 1 fully saturated rings. The van der Waals surface area contributed by atoms with Crippen LogP contribution >= 0.6 is 12.4 Å². The molecule has 0 spiro atoms. The van der Waals surface area contributed by atoms with E-state index in [1.54, 1.807) is 12.1 Å². The minimum absolute atomic E-state index is 0. The van der Waals surface area contributed by atoms with Gasteiger partial charge in [0.05, 0.1) is 29.7 Å². The Balaban J connectivity index is 0.00000280. The molecule has 0 saturated carbocycles. The van der Waals surface area contributed by atoms with Crippen molar-refractivity contribution >= 4 is 12.4 Å². The van der Waals surface area contributed by atoms with Gasteiger partial charge in [0.15, 0.2) is 0 Å². The molecule has 1 N–H and O–H groups in total. The lowest BCUT2D eigenvalue weighted by Gasteiger charge is -2.29. The largest absolute Gasteiger partial charge is 0.507 e. The smallest absolute Gasteiger partial charge is 0.416 e. The van der Waals surface area contributed by atoms with Crippen LogP contribution in [0.3, 0.4) is 0 Å². The first-order chi connectivity index (χ1) is 12.7. The topological polar surface area (TPSA) is 58.5 Å². The van der Waals surface area contributed by atoms with Gasteiger partial charge in [0, 0.05) is 12.1 Å². The molecule has 1 atom stereocenters. The Bertz CT molecular complexity index is 777. The van der Waals surface area contributed by atoms with Crippen molar-refractivity contribution in [2.24, 2.45) is 0 Å². The Morgan fingerprint density at radius 3 is 2.57 bits per heavy atom. The molecule has 1 aromatic heterocycles. The number of rotatable bonds is 4. The van der Waals surface area contributed by atoms with E-state index in [1.165, 1.54) is 6.92 Å².